The third-order valence-corrected chi connectivity index (χ3v) is 2.92. The summed E-state index contributed by atoms with van der Waals surface area (Å²) in [7, 11) is 0. The Morgan fingerprint density at radius 3 is 2.86 bits per heavy atom. The number of hydrogen-bond acceptors (Lipinski definition) is 1. The summed E-state index contributed by atoms with van der Waals surface area (Å²) >= 11 is 3.41. The fraction of sp³-hybridized carbons (Fsp3) is 0.250. The van der Waals surface area contributed by atoms with Crippen molar-refractivity contribution in [2.45, 2.75) is 19.8 Å². The lowest BCUT2D eigenvalue weighted by atomic mass is 10.1. The second kappa shape index (κ2) is 5.11. The molecule has 0 heterocycles. The minimum absolute atomic E-state index is 0.172. The molecule has 14 heavy (non-hydrogen) atoms. The molecule has 0 atom stereocenters. The van der Waals surface area contributed by atoms with Crippen molar-refractivity contribution >= 4 is 21.7 Å². The summed E-state index contributed by atoms with van der Waals surface area (Å²) in [6, 6.07) is 5.69. The molecular weight excluding hydrogens is 240 g/mol. The van der Waals surface area contributed by atoms with Crippen molar-refractivity contribution in [2.75, 3.05) is 0 Å². The predicted molar refractivity (Wildman–Crippen MR) is 62.6 cm³/mol. The van der Waals surface area contributed by atoms with E-state index in [4.69, 9.17) is 0 Å². The first kappa shape index (κ1) is 11.2. The predicted octanol–water partition coefficient (Wildman–Crippen LogP) is 3.91. The van der Waals surface area contributed by atoms with Gasteiger partial charge in [0.2, 0.25) is 0 Å². The van der Waals surface area contributed by atoms with Gasteiger partial charge in [-0.2, -0.15) is 0 Å². The maximum atomic E-state index is 11.6. The van der Waals surface area contributed by atoms with Crippen LogP contribution in [-0.4, -0.2) is 5.78 Å². The summed E-state index contributed by atoms with van der Waals surface area (Å²) in [6.07, 6.45) is 3.05. The highest BCUT2D eigenvalue weighted by molar-refractivity contribution is 9.10. The number of benzene rings is 1. The zero-order valence-corrected chi connectivity index (χ0v) is 9.80. The molecule has 0 spiro atoms. The van der Waals surface area contributed by atoms with E-state index >= 15 is 0 Å². The smallest absolute Gasteiger partial charge is 0.163 e. The summed E-state index contributed by atoms with van der Waals surface area (Å²) in [4.78, 5) is 11.6. The Bertz CT molecular complexity index is 355. The van der Waals surface area contributed by atoms with Crippen molar-refractivity contribution in [2.24, 2.45) is 0 Å². The highest BCUT2D eigenvalue weighted by atomic mass is 79.9. The van der Waals surface area contributed by atoms with Crippen molar-refractivity contribution in [1.82, 2.24) is 0 Å². The van der Waals surface area contributed by atoms with Gasteiger partial charge >= 0.3 is 0 Å². The van der Waals surface area contributed by atoms with Gasteiger partial charge in [0.05, 0.1) is 0 Å². The fourth-order valence-electron chi connectivity index (χ4n) is 1.14. The molecule has 74 valence electrons. The van der Waals surface area contributed by atoms with E-state index in [0.717, 1.165) is 22.0 Å². The maximum absolute atomic E-state index is 11.6. The van der Waals surface area contributed by atoms with Crippen LogP contribution < -0.4 is 0 Å². The molecule has 2 heteroatoms. The summed E-state index contributed by atoms with van der Waals surface area (Å²) in [5.74, 6) is 0.172. The van der Waals surface area contributed by atoms with Gasteiger partial charge in [-0.05, 0) is 25.0 Å². The van der Waals surface area contributed by atoms with Gasteiger partial charge in [-0.3, -0.25) is 4.79 Å². The molecule has 1 aromatic rings. The van der Waals surface area contributed by atoms with Crippen LogP contribution in [-0.2, 0) is 0 Å². The fourth-order valence-corrected chi connectivity index (χ4v) is 1.52. The van der Waals surface area contributed by atoms with E-state index in [1.54, 1.807) is 6.08 Å². The normalized spacial score (nSPS) is 9.86. The zero-order chi connectivity index (χ0) is 10.6. The van der Waals surface area contributed by atoms with E-state index < -0.39 is 0 Å². The first-order valence-corrected chi connectivity index (χ1v) is 5.34. The molecule has 0 aliphatic heterocycles. The highest BCUT2D eigenvalue weighted by Crippen LogP contribution is 2.18. The van der Waals surface area contributed by atoms with Crippen LogP contribution in [0, 0.1) is 6.92 Å². The Labute approximate surface area is 93.0 Å². The monoisotopic (exact) mass is 252 g/mol. The molecular formula is C12H13BrO. The Hall–Kier alpha value is -0.890. The zero-order valence-electron chi connectivity index (χ0n) is 8.22. The molecule has 0 aliphatic carbocycles. The van der Waals surface area contributed by atoms with Crippen LogP contribution in [0.2, 0.25) is 0 Å². The molecule has 1 nitrogen and oxygen atoms in total. The first-order valence-electron chi connectivity index (χ1n) is 4.55. The molecule has 0 saturated heterocycles. The number of ketones is 1. The van der Waals surface area contributed by atoms with Gasteiger partial charge in [0.15, 0.2) is 5.78 Å². The largest absolute Gasteiger partial charge is 0.294 e. The summed E-state index contributed by atoms with van der Waals surface area (Å²) < 4.78 is 0.988. The molecule has 0 aromatic heterocycles. The second-order valence-electron chi connectivity index (χ2n) is 3.21. The van der Waals surface area contributed by atoms with Gasteiger partial charge in [0.1, 0.15) is 0 Å². The first-order chi connectivity index (χ1) is 6.65. The van der Waals surface area contributed by atoms with Gasteiger partial charge in [0, 0.05) is 16.5 Å². The van der Waals surface area contributed by atoms with E-state index in [-0.39, 0.29) is 5.78 Å². The topological polar surface area (TPSA) is 17.1 Å². The van der Waals surface area contributed by atoms with Crippen LogP contribution in [0.15, 0.2) is 35.3 Å². The molecule has 0 unspecified atom stereocenters. The van der Waals surface area contributed by atoms with Crippen molar-refractivity contribution < 1.29 is 4.79 Å². The number of Topliss-reactive ketones (excluding diaryl/α,β-unsaturated/α-hetero) is 1. The van der Waals surface area contributed by atoms with Crippen LogP contribution >= 0.6 is 15.9 Å². The third-order valence-electron chi connectivity index (χ3n) is 2.07. The lowest BCUT2D eigenvalue weighted by Crippen LogP contribution is -1.98. The van der Waals surface area contributed by atoms with E-state index in [9.17, 15) is 4.79 Å². The number of aryl methyl sites for hydroxylation is 1. The van der Waals surface area contributed by atoms with Gasteiger partial charge in [-0.1, -0.05) is 34.1 Å². The number of allylic oxidation sites excluding steroid dienone is 1. The van der Waals surface area contributed by atoms with Gasteiger partial charge in [-0.25, -0.2) is 0 Å². The summed E-state index contributed by atoms with van der Waals surface area (Å²) in [5.41, 5.74) is 1.91. The quantitative estimate of drug-likeness (QED) is 0.587. The molecule has 0 fully saturated rings. The van der Waals surface area contributed by atoms with E-state index in [1.165, 1.54) is 0 Å². The molecule has 0 radical (unpaired) electrons. The van der Waals surface area contributed by atoms with Crippen LogP contribution in [0.1, 0.15) is 28.8 Å². The SMILES string of the molecule is C=CCCC(=O)c1ccc(C)c(Br)c1. The number of halogens is 1. The Morgan fingerprint density at radius 2 is 2.29 bits per heavy atom. The second-order valence-corrected chi connectivity index (χ2v) is 4.07. The average Bonchev–Trinajstić information content (AvgIpc) is 2.18. The minimum atomic E-state index is 0.172. The Kier molecular flexibility index (Phi) is 4.08. The van der Waals surface area contributed by atoms with Crippen molar-refractivity contribution in [3.05, 3.63) is 46.5 Å². The molecule has 1 aromatic carbocycles. The molecule has 0 N–H and O–H groups in total. The molecule has 0 amide bonds. The number of carbonyl (C=O) groups is 1. The van der Waals surface area contributed by atoms with Crippen molar-refractivity contribution in [1.29, 1.82) is 0 Å². The van der Waals surface area contributed by atoms with E-state index in [1.807, 2.05) is 25.1 Å². The number of hydrogen-bond donors (Lipinski definition) is 0. The Balaban J connectivity index is 2.80. The standard InChI is InChI=1S/C12H13BrO/c1-3-4-5-12(14)10-7-6-9(2)11(13)8-10/h3,6-8H,1,4-5H2,2H3. The van der Waals surface area contributed by atoms with Crippen LogP contribution in [0.4, 0.5) is 0 Å². The van der Waals surface area contributed by atoms with Gasteiger partial charge in [-0.15, -0.1) is 6.58 Å². The number of rotatable bonds is 4. The number of carbonyl (C=O) groups excluding carboxylic acids is 1. The average molecular weight is 253 g/mol. The third kappa shape index (κ3) is 2.81. The van der Waals surface area contributed by atoms with Gasteiger partial charge < -0.3 is 0 Å². The van der Waals surface area contributed by atoms with Crippen LogP contribution in [0.5, 0.6) is 0 Å². The molecule has 1 rings (SSSR count). The van der Waals surface area contributed by atoms with Crippen molar-refractivity contribution in [3.63, 3.8) is 0 Å². The summed E-state index contributed by atoms with van der Waals surface area (Å²) in [6.45, 7) is 5.60. The highest BCUT2D eigenvalue weighted by Gasteiger charge is 2.05. The van der Waals surface area contributed by atoms with Crippen molar-refractivity contribution in [3.8, 4) is 0 Å². The lowest BCUT2D eigenvalue weighted by Gasteiger charge is -2.02. The molecule has 0 aliphatic rings. The van der Waals surface area contributed by atoms with Gasteiger partial charge in [0.25, 0.3) is 0 Å². The minimum Gasteiger partial charge on any atom is -0.294 e. The summed E-state index contributed by atoms with van der Waals surface area (Å²) in [5, 5.41) is 0. The Morgan fingerprint density at radius 1 is 1.57 bits per heavy atom. The lowest BCUT2D eigenvalue weighted by molar-refractivity contribution is 0.0983. The van der Waals surface area contributed by atoms with E-state index in [2.05, 4.69) is 22.5 Å². The molecule has 0 saturated carbocycles. The van der Waals surface area contributed by atoms with Crippen LogP contribution in [0.3, 0.4) is 0 Å². The molecule has 0 bridgehead atoms. The maximum Gasteiger partial charge on any atom is 0.163 e. The van der Waals surface area contributed by atoms with Crippen LogP contribution in [0.25, 0.3) is 0 Å². The van der Waals surface area contributed by atoms with E-state index in [0.29, 0.717) is 6.42 Å².